The molecule has 3 nitrogen and oxygen atoms in total. The fraction of sp³-hybridized carbons (Fsp3) is 0.500. The molecule has 1 aromatic rings. The Hall–Kier alpha value is -0.800. The SMILES string of the molecule is OCc1cnc(NC2CCC2)c(Cl)c1. The lowest BCUT2D eigenvalue weighted by molar-refractivity contribution is 0.281. The van der Waals surface area contributed by atoms with Crippen LogP contribution in [0.4, 0.5) is 5.82 Å². The van der Waals surface area contributed by atoms with Crippen LogP contribution in [0.1, 0.15) is 24.8 Å². The number of pyridine rings is 1. The fourth-order valence-corrected chi connectivity index (χ4v) is 1.66. The van der Waals surface area contributed by atoms with Crippen molar-refractivity contribution < 1.29 is 5.11 Å². The van der Waals surface area contributed by atoms with E-state index in [1.807, 2.05) is 0 Å². The second kappa shape index (κ2) is 4.15. The molecule has 1 aliphatic rings. The molecule has 0 bridgehead atoms. The summed E-state index contributed by atoms with van der Waals surface area (Å²) in [7, 11) is 0. The number of aromatic nitrogens is 1. The van der Waals surface area contributed by atoms with Crippen LogP contribution in [0.5, 0.6) is 0 Å². The molecule has 0 aromatic carbocycles. The van der Waals surface area contributed by atoms with Gasteiger partial charge in [-0.25, -0.2) is 4.98 Å². The van der Waals surface area contributed by atoms with E-state index in [9.17, 15) is 0 Å². The third kappa shape index (κ3) is 1.99. The first kappa shape index (κ1) is 9.74. The first-order valence-corrected chi connectivity index (χ1v) is 5.19. The minimum Gasteiger partial charge on any atom is -0.392 e. The van der Waals surface area contributed by atoms with Crippen LogP contribution in [0.3, 0.4) is 0 Å². The van der Waals surface area contributed by atoms with Gasteiger partial charge in [-0.15, -0.1) is 0 Å². The van der Waals surface area contributed by atoms with Crippen molar-refractivity contribution >= 4 is 17.4 Å². The van der Waals surface area contributed by atoms with Gasteiger partial charge in [-0.05, 0) is 30.9 Å². The van der Waals surface area contributed by atoms with E-state index in [2.05, 4.69) is 10.3 Å². The topological polar surface area (TPSA) is 45.2 Å². The van der Waals surface area contributed by atoms with Crippen LogP contribution in [-0.2, 0) is 6.61 Å². The van der Waals surface area contributed by atoms with Crippen LogP contribution in [0.15, 0.2) is 12.3 Å². The monoisotopic (exact) mass is 212 g/mol. The Bertz CT molecular complexity index is 326. The van der Waals surface area contributed by atoms with E-state index < -0.39 is 0 Å². The molecular weight excluding hydrogens is 200 g/mol. The summed E-state index contributed by atoms with van der Waals surface area (Å²) in [6, 6.07) is 2.27. The summed E-state index contributed by atoms with van der Waals surface area (Å²) in [6.07, 6.45) is 5.32. The van der Waals surface area contributed by atoms with Gasteiger partial charge in [0, 0.05) is 12.2 Å². The van der Waals surface area contributed by atoms with E-state index in [0.717, 1.165) is 11.4 Å². The van der Waals surface area contributed by atoms with Gasteiger partial charge in [0.15, 0.2) is 0 Å². The van der Waals surface area contributed by atoms with Gasteiger partial charge in [0.05, 0.1) is 11.6 Å². The normalized spacial score (nSPS) is 16.4. The molecule has 2 N–H and O–H groups in total. The Kier molecular flexibility index (Phi) is 2.89. The summed E-state index contributed by atoms with van der Waals surface area (Å²) in [5, 5.41) is 12.7. The first-order chi connectivity index (χ1) is 6.79. The molecule has 14 heavy (non-hydrogen) atoms. The molecule has 76 valence electrons. The fourth-order valence-electron chi connectivity index (χ4n) is 1.42. The van der Waals surface area contributed by atoms with E-state index in [0.29, 0.717) is 11.1 Å². The lowest BCUT2D eigenvalue weighted by atomic mass is 9.93. The van der Waals surface area contributed by atoms with Crippen molar-refractivity contribution in [3.63, 3.8) is 0 Å². The van der Waals surface area contributed by atoms with Crippen molar-refractivity contribution in [3.05, 3.63) is 22.8 Å². The lowest BCUT2D eigenvalue weighted by Gasteiger charge is -2.27. The van der Waals surface area contributed by atoms with E-state index >= 15 is 0 Å². The zero-order valence-electron chi connectivity index (χ0n) is 7.83. The summed E-state index contributed by atoms with van der Waals surface area (Å²) in [5.41, 5.74) is 0.745. The van der Waals surface area contributed by atoms with Gasteiger partial charge in [0.2, 0.25) is 0 Å². The quantitative estimate of drug-likeness (QED) is 0.808. The van der Waals surface area contributed by atoms with Crippen LogP contribution in [0, 0.1) is 0 Å². The molecule has 0 unspecified atom stereocenters. The Labute approximate surface area is 88.1 Å². The number of anilines is 1. The standard InChI is InChI=1S/C10H13ClN2O/c11-9-4-7(6-14)5-12-10(9)13-8-2-1-3-8/h4-5,8,14H,1-3,6H2,(H,12,13). The number of nitrogens with zero attached hydrogens (tertiary/aromatic N) is 1. The smallest absolute Gasteiger partial charge is 0.144 e. The average molecular weight is 213 g/mol. The number of aliphatic hydroxyl groups excluding tert-OH is 1. The van der Waals surface area contributed by atoms with Gasteiger partial charge in [-0.1, -0.05) is 11.6 Å². The highest BCUT2D eigenvalue weighted by atomic mass is 35.5. The number of aliphatic hydroxyl groups is 1. The summed E-state index contributed by atoms with van der Waals surface area (Å²) in [5.74, 6) is 0.730. The Morgan fingerprint density at radius 2 is 2.36 bits per heavy atom. The molecule has 1 aliphatic carbocycles. The molecule has 1 heterocycles. The van der Waals surface area contributed by atoms with Gasteiger partial charge >= 0.3 is 0 Å². The third-order valence-corrected chi connectivity index (χ3v) is 2.81. The molecule has 0 saturated heterocycles. The number of hydrogen-bond donors (Lipinski definition) is 2. The third-order valence-electron chi connectivity index (χ3n) is 2.53. The Balaban J connectivity index is 2.09. The number of halogens is 1. The minimum absolute atomic E-state index is 0.0174. The molecule has 0 spiro atoms. The number of rotatable bonds is 3. The molecule has 4 heteroatoms. The molecule has 1 aromatic heterocycles. The van der Waals surface area contributed by atoms with E-state index in [-0.39, 0.29) is 6.61 Å². The lowest BCUT2D eigenvalue weighted by Crippen LogP contribution is -2.27. The van der Waals surface area contributed by atoms with Crippen molar-refractivity contribution in [2.45, 2.75) is 31.9 Å². The van der Waals surface area contributed by atoms with Crippen LogP contribution < -0.4 is 5.32 Å². The van der Waals surface area contributed by atoms with Crippen LogP contribution in [-0.4, -0.2) is 16.1 Å². The maximum absolute atomic E-state index is 8.87. The number of hydrogen-bond acceptors (Lipinski definition) is 3. The molecule has 0 amide bonds. The van der Waals surface area contributed by atoms with Crippen molar-refractivity contribution in [3.8, 4) is 0 Å². The molecule has 0 radical (unpaired) electrons. The van der Waals surface area contributed by atoms with Crippen LogP contribution in [0.25, 0.3) is 0 Å². The second-order valence-electron chi connectivity index (χ2n) is 3.60. The van der Waals surface area contributed by atoms with Crippen molar-refractivity contribution in [1.29, 1.82) is 0 Å². The zero-order chi connectivity index (χ0) is 9.97. The summed E-state index contributed by atoms with van der Waals surface area (Å²) in [6.45, 7) is -0.0174. The minimum atomic E-state index is -0.0174. The number of nitrogens with one attached hydrogen (secondary N) is 1. The van der Waals surface area contributed by atoms with Crippen LogP contribution in [0.2, 0.25) is 5.02 Å². The van der Waals surface area contributed by atoms with Crippen LogP contribution >= 0.6 is 11.6 Å². The Morgan fingerprint density at radius 3 is 2.86 bits per heavy atom. The van der Waals surface area contributed by atoms with Crippen molar-refractivity contribution in [2.24, 2.45) is 0 Å². The van der Waals surface area contributed by atoms with Gasteiger partial charge in [-0.2, -0.15) is 0 Å². The van der Waals surface area contributed by atoms with E-state index in [1.165, 1.54) is 19.3 Å². The predicted octanol–water partition coefficient (Wildman–Crippen LogP) is 2.19. The average Bonchev–Trinajstić information content (AvgIpc) is 2.13. The van der Waals surface area contributed by atoms with Crippen molar-refractivity contribution in [1.82, 2.24) is 4.98 Å². The van der Waals surface area contributed by atoms with E-state index in [4.69, 9.17) is 16.7 Å². The Morgan fingerprint density at radius 1 is 1.57 bits per heavy atom. The molecule has 2 rings (SSSR count). The molecule has 0 atom stereocenters. The second-order valence-corrected chi connectivity index (χ2v) is 4.01. The summed E-state index contributed by atoms with van der Waals surface area (Å²) >= 11 is 6.00. The molecule has 0 aliphatic heterocycles. The molecule has 1 fully saturated rings. The first-order valence-electron chi connectivity index (χ1n) is 4.81. The van der Waals surface area contributed by atoms with Crippen molar-refractivity contribution in [2.75, 3.05) is 5.32 Å². The predicted molar refractivity (Wildman–Crippen MR) is 56.4 cm³/mol. The highest BCUT2D eigenvalue weighted by molar-refractivity contribution is 6.32. The highest BCUT2D eigenvalue weighted by Gasteiger charge is 2.18. The molecular formula is C10H13ClN2O. The zero-order valence-corrected chi connectivity index (χ0v) is 8.59. The van der Waals surface area contributed by atoms with Gasteiger partial charge in [0.25, 0.3) is 0 Å². The largest absolute Gasteiger partial charge is 0.392 e. The van der Waals surface area contributed by atoms with E-state index in [1.54, 1.807) is 12.3 Å². The summed E-state index contributed by atoms with van der Waals surface area (Å²) < 4.78 is 0. The maximum Gasteiger partial charge on any atom is 0.144 e. The van der Waals surface area contributed by atoms with Gasteiger partial charge < -0.3 is 10.4 Å². The summed E-state index contributed by atoms with van der Waals surface area (Å²) in [4.78, 5) is 4.17. The molecule has 1 saturated carbocycles. The van der Waals surface area contributed by atoms with Gasteiger partial charge in [-0.3, -0.25) is 0 Å². The highest BCUT2D eigenvalue weighted by Crippen LogP contribution is 2.26. The van der Waals surface area contributed by atoms with Gasteiger partial charge in [0.1, 0.15) is 5.82 Å². The maximum atomic E-state index is 8.87.